The molecule has 0 atom stereocenters. The Hall–Kier alpha value is -1.20. The highest BCUT2D eigenvalue weighted by molar-refractivity contribution is 5.26. The molecule has 0 aliphatic heterocycles. The lowest BCUT2D eigenvalue weighted by molar-refractivity contribution is 0.727. The molecule has 0 amide bonds. The Morgan fingerprint density at radius 3 is 2.31 bits per heavy atom. The van der Waals surface area contributed by atoms with Gasteiger partial charge in [-0.2, -0.15) is 0 Å². The fourth-order valence-electron chi connectivity index (χ4n) is 0.864. The van der Waals surface area contributed by atoms with Gasteiger partial charge in [-0.05, 0) is 12.5 Å². The summed E-state index contributed by atoms with van der Waals surface area (Å²) in [7, 11) is 0. The summed E-state index contributed by atoms with van der Waals surface area (Å²) < 4.78 is 0. The van der Waals surface area contributed by atoms with E-state index < -0.39 is 0 Å². The fourth-order valence-corrected chi connectivity index (χ4v) is 0.864. The van der Waals surface area contributed by atoms with Gasteiger partial charge in [0.1, 0.15) is 0 Å². The first-order chi connectivity index (χ1) is 6.26. The molecule has 0 aliphatic carbocycles. The summed E-state index contributed by atoms with van der Waals surface area (Å²) in [6, 6.07) is 0.0442. The molecule has 1 aromatic heterocycles. The number of rotatable bonds is 4. The van der Waals surface area contributed by atoms with E-state index in [9.17, 15) is 0 Å². The molecule has 0 spiro atoms. The predicted octanol–water partition coefficient (Wildman–Crippen LogP) is -0.517. The zero-order valence-electron chi connectivity index (χ0n) is 7.70. The Balaban J connectivity index is 2.58. The van der Waals surface area contributed by atoms with Crippen molar-refractivity contribution in [1.29, 1.82) is 0 Å². The minimum absolute atomic E-state index is 0.0442. The van der Waals surface area contributed by atoms with Crippen LogP contribution in [0.3, 0.4) is 0 Å². The standard InChI is InChI=1S/C8H15N5/c1-6-4-11-8(12-5-6)13-7(2-9)3-10/h4-5,7H,2-3,9-10H2,1H3,(H,11,12,13). The van der Waals surface area contributed by atoms with E-state index in [1.807, 2.05) is 6.92 Å². The van der Waals surface area contributed by atoms with Gasteiger partial charge in [0.2, 0.25) is 5.95 Å². The van der Waals surface area contributed by atoms with Gasteiger partial charge in [-0.15, -0.1) is 0 Å². The summed E-state index contributed by atoms with van der Waals surface area (Å²) in [5, 5.41) is 3.03. The van der Waals surface area contributed by atoms with Crippen molar-refractivity contribution >= 4 is 5.95 Å². The largest absolute Gasteiger partial charge is 0.349 e. The topological polar surface area (TPSA) is 89.8 Å². The number of anilines is 1. The summed E-state index contributed by atoms with van der Waals surface area (Å²) >= 11 is 0. The first kappa shape index (κ1) is 9.88. The molecule has 0 bridgehead atoms. The SMILES string of the molecule is Cc1cnc(NC(CN)CN)nc1. The van der Waals surface area contributed by atoms with Crippen LogP contribution in [0.2, 0.25) is 0 Å². The number of hydrogen-bond acceptors (Lipinski definition) is 5. The Kier molecular flexibility index (Phi) is 3.60. The normalized spacial score (nSPS) is 10.5. The highest BCUT2D eigenvalue weighted by Gasteiger charge is 2.04. The van der Waals surface area contributed by atoms with Crippen LogP contribution >= 0.6 is 0 Å². The van der Waals surface area contributed by atoms with Gasteiger partial charge in [0, 0.05) is 25.5 Å². The predicted molar refractivity (Wildman–Crippen MR) is 52.3 cm³/mol. The second-order valence-corrected chi connectivity index (χ2v) is 2.90. The lowest BCUT2D eigenvalue weighted by atomic mass is 10.3. The van der Waals surface area contributed by atoms with Crippen molar-refractivity contribution in [2.45, 2.75) is 13.0 Å². The number of aryl methyl sites for hydroxylation is 1. The van der Waals surface area contributed by atoms with Crippen molar-refractivity contribution in [2.24, 2.45) is 11.5 Å². The lowest BCUT2D eigenvalue weighted by Crippen LogP contribution is -2.36. The van der Waals surface area contributed by atoms with E-state index in [0.29, 0.717) is 19.0 Å². The molecule has 5 nitrogen and oxygen atoms in total. The highest BCUT2D eigenvalue weighted by atomic mass is 15.1. The van der Waals surface area contributed by atoms with Crippen LogP contribution in [0.15, 0.2) is 12.4 Å². The molecule has 0 radical (unpaired) electrons. The van der Waals surface area contributed by atoms with E-state index in [0.717, 1.165) is 5.56 Å². The van der Waals surface area contributed by atoms with Crippen molar-refractivity contribution in [2.75, 3.05) is 18.4 Å². The van der Waals surface area contributed by atoms with Gasteiger partial charge in [0.25, 0.3) is 0 Å². The van der Waals surface area contributed by atoms with Gasteiger partial charge in [-0.25, -0.2) is 9.97 Å². The molecule has 0 fully saturated rings. The maximum absolute atomic E-state index is 5.46. The van der Waals surface area contributed by atoms with E-state index in [1.165, 1.54) is 0 Å². The van der Waals surface area contributed by atoms with Crippen LogP contribution in [0.1, 0.15) is 5.56 Å². The van der Waals surface area contributed by atoms with Crippen molar-refractivity contribution in [3.8, 4) is 0 Å². The number of aromatic nitrogens is 2. The molecule has 5 N–H and O–H groups in total. The number of nitrogens with zero attached hydrogens (tertiary/aromatic N) is 2. The van der Waals surface area contributed by atoms with E-state index >= 15 is 0 Å². The van der Waals surface area contributed by atoms with Crippen molar-refractivity contribution in [3.63, 3.8) is 0 Å². The monoisotopic (exact) mass is 181 g/mol. The van der Waals surface area contributed by atoms with Gasteiger partial charge in [0.05, 0.1) is 6.04 Å². The van der Waals surface area contributed by atoms with Crippen LogP contribution in [0, 0.1) is 6.92 Å². The van der Waals surface area contributed by atoms with E-state index in [4.69, 9.17) is 11.5 Å². The molecule has 72 valence electrons. The quantitative estimate of drug-likeness (QED) is 0.581. The Morgan fingerprint density at radius 2 is 1.85 bits per heavy atom. The Morgan fingerprint density at radius 1 is 1.31 bits per heavy atom. The minimum atomic E-state index is 0.0442. The van der Waals surface area contributed by atoms with Crippen LogP contribution in [-0.4, -0.2) is 29.1 Å². The highest BCUT2D eigenvalue weighted by Crippen LogP contribution is 1.99. The second kappa shape index (κ2) is 4.74. The molecule has 5 heteroatoms. The zero-order valence-corrected chi connectivity index (χ0v) is 7.70. The second-order valence-electron chi connectivity index (χ2n) is 2.90. The van der Waals surface area contributed by atoms with Gasteiger partial charge in [0.15, 0.2) is 0 Å². The molecular weight excluding hydrogens is 166 g/mol. The number of nitrogens with two attached hydrogens (primary N) is 2. The van der Waals surface area contributed by atoms with E-state index in [-0.39, 0.29) is 6.04 Å². The van der Waals surface area contributed by atoms with Crippen LogP contribution in [0.4, 0.5) is 5.95 Å². The fraction of sp³-hybridized carbons (Fsp3) is 0.500. The van der Waals surface area contributed by atoms with Gasteiger partial charge < -0.3 is 16.8 Å². The third kappa shape index (κ3) is 2.96. The molecule has 1 aromatic rings. The zero-order chi connectivity index (χ0) is 9.68. The summed E-state index contributed by atoms with van der Waals surface area (Å²) in [4.78, 5) is 8.16. The maximum atomic E-state index is 5.46. The van der Waals surface area contributed by atoms with Crippen LogP contribution < -0.4 is 16.8 Å². The van der Waals surface area contributed by atoms with Gasteiger partial charge in [-0.1, -0.05) is 0 Å². The average molecular weight is 181 g/mol. The first-order valence-corrected chi connectivity index (χ1v) is 4.21. The van der Waals surface area contributed by atoms with Crippen molar-refractivity contribution < 1.29 is 0 Å². The molecule has 1 heterocycles. The first-order valence-electron chi connectivity index (χ1n) is 4.21. The average Bonchev–Trinajstić information content (AvgIpc) is 2.17. The van der Waals surface area contributed by atoms with E-state index in [2.05, 4.69) is 15.3 Å². The summed E-state index contributed by atoms with van der Waals surface area (Å²) in [6.45, 7) is 2.90. The lowest BCUT2D eigenvalue weighted by Gasteiger charge is -2.13. The molecule has 1 rings (SSSR count). The van der Waals surface area contributed by atoms with Gasteiger partial charge in [-0.3, -0.25) is 0 Å². The van der Waals surface area contributed by atoms with E-state index in [1.54, 1.807) is 12.4 Å². The third-order valence-corrected chi connectivity index (χ3v) is 1.68. The van der Waals surface area contributed by atoms with Crippen molar-refractivity contribution in [1.82, 2.24) is 9.97 Å². The molecule has 13 heavy (non-hydrogen) atoms. The van der Waals surface area contributed by atoms with Gasteiger partial charge >= 0.3 is 0 Å². The molecular formula is C8H15N5. The summed E-state index contributed by atoms with van der Waals surface area (Å²) in [5.41, 5.74) is 12.0. The molecule has 0 saturated heterocycles. The Bertz CT molecular complexity index is 241. The summed E-state index contributed by atoms with van der Waals surface area (Å²) in [5.74, 6) is 0.575. The number of hydrogen-bond donors (Lipinski definition) is 3. The number of nitrogens with one attached hydrogen (secondary N) is 1. The maximum Gasteiger partial charge on any atom is 0.222 e. The van der Waals surface area contributed by atoms with Crippen LogP contribution in [0.5, 0.6) is 0 Å². The molecule has 0 aliphatic rings. The smallest absolute Gasteiger partial charge is 0.222 e. The minimum Gasteiger partial charge on any atom is -0.349 e. The molecule has 0 aromatic carbocycles. The summed E-state index contributed by atoms with van der Waals surface area (Å²) in [6.07, 6.45) is 3.50. The molecule has 0 unspecified atom stereocenters. The van der Waals surface area contributed by atoms with Crippen molar-refractivity contribution in [3.05, 3.63) is 18.0 Å². The molecule has 0 saturated carbocycles. The van der Waals surface area contributed by atoms with Crippen LogP contribution in [0.25, 0.3) is 0 Å². The third-order valence-electron chi connectivity index (χ3n) is 1.68. The van der Waals surface area contributed by atoms with Crippen LogP contribution in [-0.2, 0) is 0 Å². The Labute approximate surface area is 77.6 Å².